The van der Waals surface area contributed by atoms with Crippen molar-refractivity contribution in [1.29, 1.82) is 0 Å². The van der Waals surface area contributed by atoms with Gasteiger partial charge in [0.2, 0.25) is 5.91 Å². The van der Waals surface area contributed by atoms with Crippen molar-refractivity contribution in [2.24, 2.45) is 0 Å². The number of furan rings is 1. The van der Waals surface area contributed by atoms with Crippen molar-refractivity contribution >= 4 is 28.8 Å². The van der Waals surface area contributed by atoms with Crippen LogP contribution in [0.2, 0.25) is 0 Å². The number of carbonyl (C=O) groups is 1. The lowest BCUT2D eigenvalue weighted by atomic mass is 10.1. The third-order valence-electron chi connectivity index (χ3n) is 5.12. The Morgan fingerprint density at radius 3 is 2.78 bits per heavy atom. The van der Waals surface area contributed by atoms with Crippen molar-refractivity contribution in [3.05, 3.63) is 89.6 Å². The maximum absolute atomic E-state index is 12.6. The number of pyridine rings is 2. The monoisotopic (exact) mass is 428 g/mol. The SMILES string of the molecule is Cc1c(CN(C)C(=O)/C=C/c2cnc(N)c(OCc3ccccn3)c2)oc2ccccc12. The number of rotatable bonds is 7. The number of benzene rings is 1. The van der Waals surface area contributed by atoms with Gasteiger partial charge in [0.25, 0.3) is 0 Å². The maximum Gasteiger partial charge on any atom is 0.246 e. The van der Waals surface area contributed by atoms with Gasteiger partial charge in [0.05, 0.1) is 12.2 Å². The highest BCUT2D eigenvalue weighted by molar-refractivity contribution is 5.91. The predicted molar refractivity (Wildman–Crippen MR) is 124 cm³/mol. The summed E-state index contributed by atoms with van der Waals surface area (Å²) < 4.78 is 11.7. The molecule has 0 aliphatic rings. The summed E-state index contributed by atoms with van der Waals surface area (Å²) in [6, 6.07) is 15.2. The Morgan fingerprint density at radius 2 is 2.00 bits per heavy atom. The molecule has 3 aromatic heterocycles. The summed E-state index contributed by atoms with van der Waals surface area (Å²) in [6.45, 7) is 2.66. The number of nitrogens with two attached hydrogens (primary N) is 1. The fraction of sp³-hybridized carbons (Fsp3) is 0.160. The topological polar surface area (TPSA) is 94.5 Å². The van der Waals surface area contributed by atoms with Gasteiger partial charge in [0.15, 0.2) is 11.6 Å². The fourth-order valence-corrected chi connectivity index (χ4v) is 3.28. The number of likely N-dealkylation sites (N-methyl/N-ethyl adjacent to an activating group) is 1. The molecule has 2 N–H and O–H groups in total. The van der Waals surface area contributed by atoms with Crippen molar-refractivity contribution < 1.29 is 13.9 Å². The van der Waals surface area contributed by atoms with Crippen LogP contribution >= 0.6 is 0 Å². The molecule has 32 heavy (non-hydrogen) atoms. The number of nitrogens with zero attached hydrogens (tertiary/aromatic N) is 3. The van der Waals surface area contributed by atoms with Crippen LogP contribution in [0.5, 0.6) is 5.75 Å². The second-order valence-corrected chi connectivity index (χ2v) is 7.44. The molecule has 1 aromatic carbocycles. The van der Waals surface area contributed by atoms with E-state index in [2.05, 4.69) is 9.97 Å². The Morgan fingerprint density at radius 1 is 1.19 bits per heavy atom. The lowest BCUT2D eigenvalue weighted by Crippen LogP contribution is -2.24. The molecule has 4 aromatic rings. The highest BCUT2D eigenvalue weighted by atomic mass is 16.5. The zero-order chi connectivity index (χ0) is 22.5. The van der Waals surface area contributed by atoms with Gasteiger partial charge in [0, 0.05) is 36.5 Å². The standard InChI is InChI=1S/C25H24N4O3/c1-17-20-8-3-4-9-21(20)32-23(17)15-29(2)24(30)11-10-18-13-22(25(26)28-14-18)31-16-19-7-5-6-12-27-19/h3-14H,15-16H2,1-2H3,(H2,26,28)/b11-10+. The Kier molecular flexibility index (Phi) is 6.17. The van der Waals surface area contributed by atoms with Gasteiger partial charge in [-0.25, -0.2) is 4.98 Å². The smallest absolute Gasteiger partial charge is 0.246 e. The van der Waals surface area contributed by atoms with E-state index in [4.69, 9.17) is 14.9 Å². The highest BCUT2D eigenvalue weighted by Gasteiger charge is 2.14. The van der Waals surface area contributed by atoms with Crippen LogP contribution in [0.3, 0.4) is 0 Å². The van der Waals surface area contributed by atoms with Crippen LogP contribution in [0.4, 0.5) is 5.82 Å². The number of aromatic nitrogens is 2. The fourth-order valence-electron chi connectivity index (χ4n) is 3.28. The minimum absolute atomic E-state index is 0.155. The summed E-state index contributed by atoms with van der Waals surface area (Å²) >= 11 is 0. The summed E-state index contributed by atoms with van der Waals surface area (Å²) in [5.74, 6) is 1.34. The van der Waals surface area contributed by atoms with E-state index in [9.17, 15) is 4.79 Å². The van der Waals surface area contributed by atoms with E-state index in [0.29, 0.717) is 17.9 Å². The molecule has 1 amide bonds. The van der Waals surface area contributed by atoms with Gasteiger partial charge in [-0.3, -0.25) is 9.78 Å². The Hall–Kier alpha value is -4.13. The van der Waals surface area contributed by atoms with Crippen molar-refractivity contribution in [3.8, 4) is 5.75 Å². The highest BCUT2D eigenvalue weighted by Crippen LogP contribution is 2.26. The van der Waals surface area contributed by atoms with Gasteiger partial charge in [-0.1, -0.05) is 24.3 Å². The predicted octanol–water partition coefficient (Wildman–Crippen LogP) is 4.36. The molecular formula is C25H24N4O3. The molecule has 0 unspecified atom stereocenters. The molecule has 0 spiro atoms. The van der Waals surface area contributed by atoms with E-state index in [1.54, 1.807) is 36.5 Å². The molecule has 0 saturated carbocycles. The number of nitrogen functional groups attached to an aromatic ring is 1. The average molecular weight is 428 g/mol. The first-order chi connectivity index (χ1) is 15.5. The van der Waals surface area contributed by atoms with Crippen molar-refractivity contribution in [1.82, 2.24) is 14.9 Å². The third kappa shape index (κ3) is 4.78. The molecule has 0 radical (unpaired) electrons. The average Bonchev–Trinajstić information content (AvgIpc) is 3.13. The number of hydrogen-bond donors (Lipinski definition) is 1. The zero-order valence-corrected chi connectivity index (χ0v) is 18.0. The summed E-state index contributed by atoms with van der Waals surface area (Å²) in [6.07, 6.45) is 6.47. The maximum atomic E-state index is 12.6. The number of anilines is 1. The van der Waals surface area contributed by atoms with E-state index in [-0.39, 0.29) is 18.3 Å². The van der Waals surface area contributed by atoms with E-state index in [1.807, 2.05) is 49.4 Å². The minimum atomic E-state index is -0.155. The summed E-state index contributed by atoms with van der Waals surface area (Å²) in [4.78, 5) is 22.6. The van der Waals surface area contributed by atoms with E-state index in [1.165, 1.54) is 6.08 Å². The van der Waals surface area contributed by atoms with Crippen LogP contribution in [0.25, 0.3) is 17.0 Å². The first-order valence-electron chi connectivity index (χ1n) is 10.2. The molecule has 0 fully saturated rings. The molecule has 0 bridgehead atoms. The number of para-hydroxylation sites is 1. The minimum Gasteiger partial charge on any atom is -0.483 e. The van der Waals surface area contributed by atoms with Gasteiger partial charge >= 0.3 is 0 Å². The molecule has 0 atom stereocenters. The summed E-state index contributed by atoms with van der Waals surface area (Å²) in [5.41, 5.74) is 9.28. The Labute approximate surface area is 186 Å². The first-order valence-corrected chi connectivity index (χ1v) is 10.2. The zero-order valence-electron chi connectivity index (χ0n) is 18.0. The van der Waals surface area contributed by atoms with E-state index in [0.717, 1.165) is 28.0 Å². The second-order valence-electron chi connectivity index (χ2n) is 7.44. The van der Waals surface area contributed by atoms with Crippen LogP contribution in [0.15, 0.2) is 71.4 Å². The number of aryl methyl sites for hydroxylation is 1. The number of carbonyl (C=O) groups excluding carboxylic acids is 1. The molecular weight excluding hydrogens is 404 g/mol. The molecule has 7 heteroatoms. The van der Waals surface area contributed by atoms with Gasteiger partial charge < -0.3 is 19.8 Å². The molecule has 0 aliphatic heterocycles. The lowest BCUT2D eigenvalue weighted by Gasteiger charge is -2.14. The molecule has 4 rings (SSSR count). The first kappa shape index (κ1) is 21.1. The lowest BCUT2D eigenvalue weighted by molar-refractivity contribution is -0.125. The van der Waals surface area contributed by atoms with Crippen LogP contribution in [-0.4, -0.2) is 27.8 Å². The summed E-state index contributed by atoms with van der Waals surface area (Å²) in [7, 11) is 1.74. The molecule has 0 aliphatic carbocycles. The van der Waals surface area contributed by atoms with Crippen LogP contribution in [-0.2, 0) is 17.9 Å². The van der Waals surface area contributed by atoms with E-state index < -0.39 is 0 Å². The number of fused-ring (bicyclic) bond motifs is 1. The van der Waals surface area contributed by atoms with E-state index >= 15 is 0 Å². The second kappa shape index (κ2) is 9.34. The number of ether oxygens (including phenoxy) is 1. The number of hydrogen-bond acceptors (Lipinski definition) is 6. The van der Waals surface area contributed by atoms with Gasteiger partial charge in [0.1, 0.15) is 18.0 Å². The summed E-state index contributed by atoms with van der Waals surface area (Å²) in [5, 5.41) is 1.06. The number of amides is 1. The molecule has 162 valence electrons. The van der Waals surface area contributed by atoms with Crippen LogP contribution in [0, 0.1) is 6.92 Å². The van der Waals surface area contributed by atoms with Crippen LogP contribution < -0.4 is 10.5 Å². The third-order valence-corrected chi connectivity index (χ3v) is 5.12. The largest absolute Gasteiger partial charge is 0.483 e. The van der Waals surface area contributed by atoms with Crippen molar-refractivity contribution in [3.63, 3.8) is 0 Å². The quantitative estimate of drug-likeness (QED) is 0.440. The van der Waals surface area contributed by atoms with Crippen molar-refractivity contribution in [2.45, 2.75) is 20.1 Å². The van der Waals surface area contributed by atoms with Crippen LogP contribution in [0.1, 0.15) is 22.6 Å². The van der Waals surface area contributed by atoms with Gasteiger partial charge in [-0.05, 0) is 42.8 Å². The molecule has 0 saturated heterocycles. The Bertz CT molecular complexity index is 1260. The Balaban J connectivity index is 1.41. The van der Waals surface area contributed by atoms with Gasteiger partial charge in [-0.2, -0.15) is 0 Å². The molecule has 7 nitrogen and oxygen atoms in total. The van der Waals surface area contributed by atoms with Gasteiger partial charge in [-0.15, -0.1) is 0 Å². The normalized spacial score (nSPS) is 11.2. The van der Waals surface area contributed by atoms with Crippen molar-refractivity contribution in [2.75, 3.05) is 12.8 Å². The molecule has 3 heterocycles.